The molecule has 2 amide bonds. The average molecular weight is 391 g/mol. The SMILES string of the molecule is CCCc1nnc(S[C@@H](C)C(=O)Nc2ccc(C(N)=O)cc2)n1CC(=O)O. The van der Waals surface area contributed by atoms with Gasteiger partial charge in [0.1, 0.15) is 12.4 Å². The molecule has 0 aliphatic carbocycles. The number of carbonyl (C=O) groups is 3. The normalized spacial score (nSPS) is 11.8. The van der Waals surface area contributed by atoms with Gasteiger partial charge in [-0.25, -0.2) is 0 Å². The topological polar surface area (TPSA) is 140 Å². The number of carboxylic acids is 1. The van der Waals surface area contributed by atoms with Crippen LogP contribution >= 0.6 is 11.8 Å². The summed E-state index contributed by atoms with van der Waals surface area (Å²) in [6, 6.07) is 6.22. The van der Waals surface area contributed by atoms with Crippen LogP contribution in [0.5, 0.6) is 0 Å². The maximum Gasteiger partial charge on any atom is 0.323 e. The predicted octanol–water partition coefficient (Wildman–Crippen LogP) is 1.53. The van der Waals surface area contributed by atoms with Gasteiger partial charge in [-0.3, -0.25) is 19.0 Å². The Labute approximate surface area is 160 Å². The smallest absolute Gasteiger partial charge is 0.323 e. The number of aromatic nitrogens is 3. The Balaban J connectivity index is 2.07. The second-order valence-corrected chi connectivity index (χ2v) is 7.13. The Bertz CT molecular complexity index is 834. The number of primary amides is 1. The first-order valence-corrected chi connectivity index (χ1v) is 9.21. The molecule has 1 atom stereocenters. The number of aryl methyl sites for hydroxylation is 1. The third-order valence-corrected chi connectivity index (χ3v) is 4.73. The molecule has 0 aliphatic rings. The van der Waals surface area contributed by atoms with Gasteiger partial charge < -0.3 is 16.2 Å². The van der Waals surface area contributed by atoms with Crippen LogP contribution in [0.25, 0.3) is 0 Å². The molecule has 1 aromatic heterocycles. The molecule has 4 N–H and O–H groups in total. The van der Waals surface area contributed by atoms with Gasteiger partial charge in [0, 0.05) is 17.7 Å². The summed E-state index contributed by atoms with van der Waals surface area (Å²) in [5, 5.41) is 19.7. The van der Waals surface area contributed by atoms with Gasteiger partial charge in [-0.05, 0) is 37.6 Å². The highest BCUT2D eigenvalue weighted by Gasteiger charge is 2.21. The van der Waals surface area contributed by atoms with E-state index in [-0.39, 0.29) is 12.5 Å². The monoisotopic (exact) mass is 391 g/mol. The number of rotatable bonds is 9. The van der Waals surface area contributed by atoms with Crippen LogP contribution in [-0.4, -0.2) is 42.9 Å². The number of hydrogen-bond acceptors (Lipinski definition) is 6. The van der Waals surface area contributed by atoms with E-state index >= 15 is 0 Å². The molecule has 0 spiro atoms. The predicted molar refractivity (Wildman–Crippen MR) is 101 cm³/mol. The maximum atomic E-state index is 12.4. The summed E-state index contributed by atoms with van der Waals surface area (Å²) in [6.07, 6.45) is 1.41. The molecule has 27 heavy (non-hydrogen) atoms. The van der Waals surface area contributed by atoms with E-state index in [1.807, 2.05) is 6.92 Å². The highest BCUT2D eigenvalue weighted by Crippen LogP contribution is 2.24. The van der Waals surface area contributed by atoms with Crippen molar-refractivity contribution in [1.29, 1.82) is 0 Å². The Kier molecular flexibility index (Phi) is 6.94. The number of nitrogens with zero attached hydrogens (tertiary/aromatic N) is 3. The molecule has 0 radical (unpaired) electrons. The molecule has 10 heteroatoms. The fraction of sp³-hybridized carbons (Fsp3) is 0.353. The Morgan fingerprint density at radius 1 is 1.26 bits per heavy atom. The van der Waals surface area contributed by atoms with E-state index in [1.54, 1.807) is 19.1 Å². The lowest BCUT2D eigenvalue weighted by atomic mass is 10.2. The number of hydrogen-bond donors (Lipinski definition) is 3. The number of nitrogens with two attached hydrogens (primary N) is 1. The Hall–Kier alpha value is -2.88. The molecule has 0 aliphatic heterocycles. The molecule has 0 bridgehead atoms. The third kappa shape index (κ3) is 5.55. The summed E-state index contributed by atoms with van der Waals surface area (Å²) >= 11 is 1.13. The van der Waals surface area contributed by atoms with Gasteiger partial charge in [0.05, 0.1) is 5.25 Å². The minimum Gasteiger partial charge on any atom is -0.480 e. The first-order chi connectivity index (χ1) is 12.8. The summed E-state index contributed by atoms with van der Waals surface area (Å²) in [5.41, 5.74) is 6.06. The van der Waals surface area contributed by atoms with Crippen LogP contribution in [0.1, 0.15) is 36.5 Å². The van der Waals surface area contributed by atoms with Crippen LogP contribution < -0.4 is 11.1 Å². The lowest BCUT2D eigenvalue weighted by molar-refractivity contribution is -0.137. The van der Waals surface area contributed by atoms with Crippen LogP contribution in [0.4, 0.5) is 5.69 Å². The van der Waals surface area contributed by atoms with Crippen molar-refractivity contribution in [2.45, 2.75) is 43.6 Å². The van der Waals surface area contributed by atoms with Crippen molar-refractivity contribution in [1.82, 2.24) is 14.8 Å². The summed E-state index contributed by atoms with van der Waals surface area (Å²) in [6.45, 7) is 3.40. The minimum atomic E-state index is -0.999. The van der Waals surface area contributed by atoms with Crippen molar-refractivity contribution in [2.75, 3.05) is 5.32 Å². The number of carboxylic acid groups (broad SMARTS) is 1. The van der Waals surface area contributed by atoms with Crippen LogP contribution in [0.3, 0.4) is 0 Å². The van der Waals surface area contributed by atoms with Gasteiger partial charge in [-0.15, -0.1) is 10.2 Å². The van der Waals surface area contributed by atoms with Crippen molar-refractivity contribution in [2.24, 2.45) is 5.73 Å². The van der Waals surface area contributed by atoms with Gasteiger partial charge in [0.2, 0.25) is 11.8 Å². The molecular formula is C17H21N5O4S. The zero-order chi connectivity index (χ0) is 20.0. The van der Waals surface area contributed by atoms with Gasteiger partial charge in [-0.2, -0.15) is 0 Å². The number of aliphatic carboxylic acids is 1. The molecular weight excluding hydrogens is 370 g/mol. The number of benzene rings is 1. The fourth-order valence-corrected chi connectivity index (χ4v) is 3.15. The number of amides is 2. The van der Waals surface area contributed by atoms with Gasteiger partial charge in [0.25, 0.3) is 0 Å². The van der Waals surface area contributed by atoms with Crippen molar-refractivity contribution >= 4 is 35.2 Å². The number of thioether (sulfide) groups is 1. The molecule has 0 saturated carbocycles. The molecule has 0 fully saturated rings. The molecule has 9 nitrogen and oxygen atoms in total. The van der Waals surface area contributed by atoms with E-state index in [0.29, 0.717) is 28.7 Å². The van der Waals surface area contributed by atoms with E-state index < -0.39 is 17.1 Å². The first-order valence-electron chi connectivity index (χ1n) is 8.33. The highest BCUT2D eigenvalue weighted by molar-refractivity contribution is 8.00. The van der Waals surface area contributed by atoms with Crippen molar-refractivity contribution < 1.29 is 19.5 Å². The molecule has 1 aromatic carbocycles. The van der Waals surface area contributed by atoms with Crippen molar-refractivity contribution in [3.05, 3.63) is 35.7 Å². The lowest BCUT2D eigenvalue weighted by Crippen LogP contribution is -2.23. The van der Waals surface area contributed by atoms with Crippen molar-refractivity contribution in [3.8, 4) is 0 Å². The standard InChI is InChI=1S/C17H21N5O4S/c1-3-4-13-20-21-17(22(13)9-14(23)24)27-10(2)16(26)19-12-7-5-11(6-8-12)15(18)25/h5-8,10H,3-4,9H2,1-2H3,(H2,18,25)(H,19,26)(H,23,24)/t10-/m0/s1. The van der Waals surface area contributed by atoms with E-state index in [1.165, 1.54) is 16.7 Å². The second kappa shape index (κ2) is 9.17. The molecule has 1 heterocycles. The summed E-state index contributed by atoms with van der Waals surface area (Å²) in [4.78, 5) is 34.6. The number of carbonyl (C=O) groups excluding carboxylic acids is 2. The van der Waals surface area contributed by atoms with Crippen LogP contribution in [0.15, 0.2) is 29.4 Å². The molecule has 0 saturated heterocycles. The zero-order valence-corrected chi connectivity index (χ0v) is 15.8. The largest absolute Gasteiger partial charge is 0.480 e. The molecule has 144 valence electrons. The summed E-state index contributed by atoms with van der Waals surface area (Å²) < 4.78 is 1.52. The maximum absolute atomic E-state index is 12.4. The summed E-state index contributed by atoms with van der Waals surface area (Å²) in [7, 11) is 0. The van der Waals surface area contributed by atoms with Gasteiger partial charge in [0.15, 0.2) is 5.16 Å². The number of nitrogens with one attached hydrogen (secondary N) is 1. The van der Waals surface area contributed by atoms with Crippen LogP contribution in [-0.2, 0) is 22.6 Å². The van der Waals surface area contributed by atoms with Crippen LogP contribution in [0, 0.1) is 0 Å². The molecule has 0 unspecified atom stereocenters. The number of anilines is 1. The van der Waals surface area contributed by atoms with E-state index in [4.69, 9.17) is 10.8 Å². The van der Waals surface area contributed by atoms with Crippen LogP contribution in [0.2, 0.25) is 0 Å². The van der Waals surface area contributed by atoms with Gasteiger partial charge in [-0.1, -0.05) is 18.7 Å². The molecule has 2 rings (SSSR count). The lowest BCUT2D eigenvalue weighted by Gasteiger charge is -2.13. The zero-order valence-electron chi connectivity index (χ0n) is 15.0. The Morgan fingerprint density at radius 3 is 2.48 bits per heavy atom. The Morgan fingerprint density at radius 2 is 1.93 bits per heavy atom. The minimum absolute atomic E-state index is 0.256. The van der Waals surface area contributed by atoms with E-state index in [2.05, 4.69) is 15.5 Å². The van der Waals surface area contributed by atoms with Crippen molar-refractivity contribution in [3.63, 3.8) is 0 Å². The second-order valence-electron chi connectivity index (χ2n) is 5.82. The highest BCUT2D eigenvalue weighted by atomic mass is 32.2. The fourth-order valence-electron chi connectivity index (χ4n) is 2.28. The first kappa shape index (κ1) is 20.4. The van der Waals surface area contributed by atoms with E-state index in [0.717, 1.165) is 18.2 Å². The quantitative estimate of drug-likeness (QED) is 0.551. The van der Waals surface area contributed by atoms with Gasteiger partial charge >= 0.3 is 5.97 Å². The summed E-state index contributed by atoms with van der Waals surface area (Å²) in [5.74, 6) is -1.25. The third-order valence-electron chi connectivity index (χ3n) is 3.65. The average Bonchev–Trinajstić information content (AvgIpc) is 2.96. The van der Waals surface area contributed by atoms with E-state index in [9.17, 15) is 14.4 Å². The molecule has 2 aromatic rings.